The van der Waals surface area contributed by atoms with Crippen LogP contribution in [-0.2, 0) is 22.1 Å². The van der Waals surface area contributed by atoms with E-state index in [1.54, 1.807) is 19.1 Å². The largest absolute Gasteiger partial charge is 0.469 e. The lowest BCUT2D eigenvalue weighted by atomic mass is 10.0. The van der Waals surface area contributed by atoms with Gasteiger partial charge in [0.25, 0.3) is 0 Å². The van der Waals surface area contributed by atoms with Gasteiger partial charge in [0.05, 0.1) is 30.3 Å². The minimum atomic E-state index is -4.48. The fourth-order valence-corrected chi connectivity index (χ4v) is 2.03. The average molecular weight is 283 g/mol. The van der Waals surface area contributed by atoms with Gasteiger partial charge in [0.2, 0.25) is 0 Å². The van der Waals surface area contributed by atoms with Gasteiger partial charge in [0.15, 0.2) is 0 Å². The molecular weight excluding hydrogens is 271 g/mol. The van der Waals surface area contributed by atoms with Crippen LogP contribution >= 0.6 is 0 Å². The van der Waals surface area contributed by atoms with Crippen molar-refractivity contribution >= 4 is 16.9 Å². The van der Waals surface area contributed by atoms with Crippen molar-refractivity contribution in [2.24, 2.45) is 0 Å². The standard InChI is InChI=1S/C14H12F3NO2/c1-8-6-9(7-12(19)20-2)18-13-10(8)4-3-5-11(13)14(15,16)17/h3-6H,7H2,1-2H3. The second-order valence-electron chi connectivity index (χ2n) is 4.38. The average Bonchev–Trinajstić information content (AvgIpc) is 2.36. The second kappa shape index (κ2) is 5.11. The molecule has 0 saturated heterocycles. The number of aromatic nitrogens is 1. The molecule has 0 N–H and O–H groups in total. The predicted molar refractivity (Wildman–Crippen MR) is 67.2 cm³/mol. The molecule has 0 aliphatic rings. The molecule has 0 aliphatic heterocycles. The molecule has 2 aromatic rings. The molecule has 0 amide bonds. The van der Waals surface area contributed by atoms with Gasteiger partial charge in [-0.1, -0.05) is 12.1 Å². The molecule has 0 unspecified atom stereocenters. The van der Waals surface area contributed by atoms with Crippen LogP contribution in [-0.4, -0.2) is 18.1 Å². The number of pyridine rings is 1. The van der Waals surface area contributed by atoms with Crippen molar-refractivity contribution in [3.63, 3.8) is 0 Å². The molecule has 1 aromatic carbocycles. The molecule has 20 heavy (non-hydrogen) atoms. The highest BCUT2D eigenvalue weighted by molar-refractivity contribution is 5.86. The quantitative estimate of drug-likeness (QED) is 0.794. The Hall–Kier alpha value is -2.11. The van der Waals surface area contributed by atoms with Crippen molar-refractivity contribution in [2.75, 3.05) is 7.11 Å². The van der Waals surface area contributed by atoms with E-state index in [2.05, 4.69) is 9.72 Å². The number of aryl methyl sites for hydroxylation is 1. The third-order valence-corrected chi connectivity index (χ3v) is 2.96. The SMILES string of the molecule is COC(=O)Cc1cc(C)c2cccc(C(F)(F)F)c2n1. The number of methoxy groups -OCH3 is 1. The van der Waals surface area contributed by atoms with E-state index in [-0.39, 0.29) is 17.6 Å². The lowest BCUT2D eigenvalue weighted by Gasteiger charge is -2.12. The summed E-state index contributed by atoms with van der Waals surface area (Å²) in [5.41, 5.74) is -0.0396. The molecule has 1 aromatic heterocycles. The first-order valence-electron chi connectivity index (χ1n) is 5.86. The second-order valence-corrected chi connectivity index (χ2v) is 4.38. The van der Waals surface area contributed by atoms with E-state index >= 15 is 0 Å². The van der Waals surface area contributed by atoms with Crippen molar-refractivity contribution in [1.82, 2.24) is 4.98 Å². The fourth-order valence-electron chi connectivity index (χ4n) is 2.03. The summed E-state index contributed by atoms with van der Waals surface area (Å²) < 4.78 is 43.4. The van der Waals surface area contributed by atoms with E-state index in [4.69, 9.17) is 0 Å². The Morgan fingerprint density at radius 2 is 2.05 bits per heavy atom. The summed E-state index contributed by atoms with van der Waals surface area (Å²) in [5, 5.41) is 0.424. The van der Waals surface area contributed by atoms with Gasteiger partial charge in [-0.3, -0.25) is 9.78 Å². The number of nitrogens with zero attached hydrogens (tertiary/aromatic N) is 1. The molecule has 0 fully saturated rings. The Balaban J connectivity index is 2.64. The summed E-state index contributed by atoms with van der Waals surface area (Å²) in [6.45, 7) is 1.69. The maximum absolute atomic E-state index is 13.0. The van der Waals surface area contributed by atoms with Crippen molar-refractivity contribution in [1.29, 1.82) is 0 Å². The summed E-state index contributed by atoms with van der Waals surface area (Å²) in [6.07, 6.45) is -4.64. The number of esters is 1. The van der Waals surface area contributed by atoms with Crippen molar-refractivity contribution in [3.05, 3.63) is 41.1 Å². The van der Waals surface area contributed by atoms with Gasteiger partial charge >= 0.3 is 12.1 Å². The monoisotopic (exact) mass is 283 g/mol. The highest BCUT2D eigenvalue weighted by Gasteiger charge is 2.33. The van der Waals surface area contributed by atoms with E-state index in [9.17, 15) is 18.0 Å². The first-order valence-corrected chi connectivity index (χ1v) is 5.86. The highest BCUT2D eigenvalue weighted by atomic mass is 19.4. The number of rotatable bonds is 2. The maximum atomic E-state index is 13.0. The summed E-state index contributed by atoms with van der Waals surface area (Å²) in [4.78, 5) is 15.2. The summed E-state index contributed by atoms with van der Waals surface area (Å²) in [6, 6.07) is 5.50. The van der Waals surface area contributed by atoms with Crippen LogP contribution in [0.2, 0.25) is 0 Å². The number of alkyl halides is 3. The minimum absolute atomic E-state index is 0.140. The van der Waals surface area contributed by atoms with Crippen LogP contribution in [0.5, 0.6) is 0 Å². The van der Waals surface area contributed by atoms with Crippen LogP contribution in [0.15, 0.2) is 24.3 Å². The Bertz CT molecular complexity index is 665. The molecule has 0 bridgehead atoms. The zero-order valence-electron chi connectivity index (χ0n) is 10.9. The Labute approximate surface area is 113 Å². The van der Waals surface area contributed by atoms with Crippen LogP contribution in [0.1, 0.15) is 16.8 Å². The third kappa shape index (κ3) is 2.74. The maximum Gasteiger partial charge on any atom is 0.418 e. The van der Waals surface area contributed by atoms with E-state index in [0.717, 1.165) is 6.07 Å². The molecular formula is C14H12F3NO2. The van der Waals surface area contributed by atoms with Gasteiger partial charge in [0, 0.05) is 5.39 Å². The smallest absolute Gasteiger partial charge is 0.418 e. The predicted octanol–water partition coefficient (Wildman–Crippen LogP) is 3.28. The fraction of sp³-hybridized carbons (Fsp3) is 0.286. The number of fused-ring (bicyclic) bond motifs is 1. The first kappa shape index (κ1) is 14.3. The van der Waals surface area contributed by atoms with E-state index in [1.165, 1.54) is 13.2 Å². The van der Waals surface area contributed by atoms with Crippen LogP contribution in [0.25, 0.3) is 10.9 Å². The number of carbonyl (C=O) groups is 1. The van der Waals surface area contributed by atoms with Gasteiger partial charge in [-0.25, -0.2) is 0 Å². The summed E-state index contributed by atoms with van der Waals surface area (Å²) in [7, 11) is 1.22. The molecule has 0 saturated carbocycles. The number of hydrogen-bond donors (Lipinski definition) is 0. The molecule has 2 rings (SSSR count). The molecule has 0 radical (unpaired) electrons. The molecule has 6 heteroatoms. The van der Waals surface area contributed by atoms with E-state index < -0.39 is 17.7 Å². The Morgan fingerprint density at radius 1 is 1.35 bits per heavy atom. The van der Waals surface area contributed by atoms with Crippen LogP contribution in [0.3, 0.4) is 0 Å². The molecule has 3 nitrogen and oxygen atoms in total. The topological polar surface area (TPSA) is 39.2 Å². The van der Waals surface area contributed by atoms with Gasteiger partial charge in [-0.2, -0.15) is 13.2 Å². The zero-order valence-corrected chi connectivity index (χ0v) is 10.9. The van der Waals surface area contributed by atoms with Crippen molar-refractivity contribution in [2.45, 2.75) is 19.5 Å². The minimum Gasteiger partial charge on any atom is -0.469 e. The highest BCUT2D eigenvalue weighted by Crippen LogP contribution is 2.34. The van der Waals surface area contributed by atoms with Crippen molar-refractivity contribution < 1.29 is 22.7 Å². The number of benzene rings is 1. The Kier molecular flexibility index (Phi) is 3.65. The zero-order chi connectivity index (χ0) is 14.9. The Morgan fingerprint density at radius 3 is 2.65 bits per heavy atom. The number of hydrogen-bond acceptors (Lipinski definition) is 3. The lowest BCUT2D eigenvalue weighted by Crippen LogP contribution is -2.10. The number of halogens is 3. The summed E-state index contributed by atoms with van der Waals surface area (Å²) in [5.74, 6) is -0.541. The normalized spacial score (nSPS) is 11.7. The van der Waals surface area contributed by atoms with Crippen LogP contribution in [0.4, 0.5) is 13.2 Å². The summed E-state index contributed by atoms with van der Waals surface area (Å²) >= 11 is 0. The van der Waals surface area contributed by atoms with E-state index in [1.807, 2.05) is 0 Å². The number of para-hydroxylation sites is 1. The van der Waals surface area contributed by atoms with Crippen LogP contribution in [0, 0.1) is 6.92 Å². The molecule has 0 atom stereocenters. The first-order chi connectivity index (χ1) is 9.32. The molecule has 1 heterocycles. The van der Waals surface area contributed by atoms with Gasteiger partial charge in [-0.15, -0.1) is 0 Å². The van der Waals surface area contributed by atoms with Gasteiger partial charge < -0.3 is 4.74 Å². The lowest BCUT2D eigenvalue weighted by molar-refractivity contribution is -0.139. The molecule has 0 spiro atoms. The van der Waals surface area contributed by atoms with Gasteiger partial charge in [0.1, 0.15) is 0 Å². The molecule has 0 aliphatic carbocycles. The number of ether oxygens (including phenoxy) is 1. The van der Waals surface area contributed by atoms with Crippen LogP contribution < -0.4 is 0 Å². The third-order valence-electron chi connectivity index (χ3n) is 2.96. The van der Waals surface area contributed by atoms with E-state index in [0.29, 0.717) is 10.9 Å². The van der Waals surface area contributed by atoms with Gasteiger partial charge in [-0.05, 0) is 24.6 Å². The number of carbonyl (C=O) groups excluding carboxylic acids is 1. The molecule has 106 valence electrons. The van der Waals surface area contributed by atoms with Crippen molar-refractivity contribution in [3.8, 4) is 0 Å².